The summed E-state index contributed by atoms with van der Waals surface area (Å²) < 4.78 is 5.87. The second-order valence-electron chi connectivity index (χ2n) is 6.86. The van der Waals surface area contributed by atoms with Gasteiger partial charge in [-0.3, -0.25) is 9.59 Å². The fourth-order valence-corrected chi connectivity index (χ4v) is 3.50. The van der Waals surface area contributed by atoms with Crippen LogP contribution in [0.2, 0.25) is 10.0 Å². The molecule has 4 aromatic rings. The summed E-state index contributed by atoms with van der Waals surface area (Å²) in [5, 5.41) is 10.3. The van der Waals surface area contributed by atoms with Crippen molar-refractivity contribution in [2.75, 3.05) is 5.32 Å². The number of amides is 1. The van der Waals surface area contributed by atoms with Gasteiger partial charge in [0.1, 0.15) is 12.4 Å². The molecule has 0 aliphatic heterocycles. The Morgan fingerprint density at radius 3 is 2.59 bits per heavy atom. The van der Waals surface area contributed by atoms with E-state index in [0.717, 1.165) is 11.1 Å². The number of aromatic amines is 1. The molecule has 0 radical (unpaired) electrons. The smallest absolute Gasteiger partial charge is 0.264 e. The first-order valence-electron chi connectivity index (χ1n) is 9.63. The third-order valence-corrected chi connectivity index (χ3v) is 5.21. The van der Waals surface area contributed by atoms with Crippen molar-refractivity contribution in [1.82, 2.24) is 10.2 Å². The number of anilines is 1. The van der Waals surface area contributed by atoms with Crippen LogP contribution in [0.3, 0.4) is 0 Å². The summed E-state index contributed by atoms with van der Waals surface area (Å²) in [4.78, 5) is 24.2. The fraction of sp³-hybridized carbons (Fsp3) is 0.0417. The number of para-hydroxylation sites is 1. The van der Waals surface area contributed by atoms with E-state index in [1.165, 1.54) is 6.07 Å². The van der Waals surface area contributed by atoms with Crippen LogP contribution in [-0.2, 0) is 6.61 Å². The van der Waals surface area contributed by atoms with Gasteiger partial charge in [-0.2, -0.15) is 5.10 Å². The van der Waals surface area contributed by atoms with Gasteiger partial charge in [0.2, 0.25) is 0 Å². The molecular weight excluding hydrogens is 449 g/mol. The maximum Gasteiger partial charge on any atom is 0.264 e. The number of carbonyl (C=O) groups excluding carboxylic acids is 1. The van der Waals surface area contributed by atoms with Crippen molar-refractivity contribution in [2.45, 2.75) is 6.61 Å². The van der Waals surface area contributed by atoms with Crippen LogP contribution >= 0.6 is 23.2 Å². The maximum atomic E-state index is 13.0. The average molecular weight is 466 g/mol. The first kappa shape index (κ1) is 21.6. The van der Waals surface area contributed by atoms with Gasteiger partial charge in [-0.05, 0) is 42.5 Å². The van der Waals surface area contributed by atoms with E-state index in [0.29, 0.717) is 32.7 Å². The van der Waals surface area contributed by atoms with Crippen molar-refractivity contribution in [3.63, 3.8) is 0 Å². The minimum atomic E-state index is -0.325. The largest absolute Gasteiger partial charge is 0.488 e. The lowest BCUT2D eigenvalue weighted by molar-refractivity contribution is 0.102. The van der Waals surface area contributed by atoms with Crippen molar-refractivity contribution in [3.05, 3.63) is 110 Å². The van der Waals surface area contributed by atoms with Gasteiger partial charge < -0.3 is 10.1 Å². The molecule has 0 spiro atoms. The zero-order chi connectivity index (χ0) is 22.5. The van der Waals surface area contributed by atoms with Crippen LogP contribution in [0.4, 0.5) is 5.69 Å². The van der Waals surface area contributed by atoms with Gasteiger partial charge in [0.05, 0.1) is 11.3 Å². The number of ether oxygens (including phenoxy) is 1. The Bertz CT molecular complexity index is 1320. The summed E-state index contributed by atoms with van der Waals surface area (Å²) in [6.07, 6.45) is 0. The number of nitrogens with zero attached hydrogens (tertiary/aromatic N) is 1. The topological polar surface area (TPSA) is 84.1 Å². The van der Waals surface area contributed by atoms with Crippen molar-refractivity contribution < 1.29 is 9.53 Å². The van der Waals surface area contributed by atoms with Gasteiger partial charge >= 0.3 is 0 Å². The summed E-state index contributed by atoms with van der Waals surface area (Å²) in [7, 11) is 0. The van der Waals surface area contributed by atoms with Crippen LogP contribution in [-0.4, -0.2) is 16.1 Å². The van der Waals surface area contributed by atoms with Gasteiger partial charge in [0.25, 0.3) is 11.5 Å². The van der Waals surface area contributed by atoms with E-state index in [-0.39, 0.29) is 18.1 Å². The van der Waals surface area contributed by atoms with Crippen LogP contribution < -0.4 is 15.6 Å². The lowest BCUT2D eigenvalue weighted by atomic mass is 10.1. The first-order chi connectivity index (χ1) is 15.5. The predicted octanol–water partition coefficient (Wildman–Crippen LogP) is 5.58. The van der Waals surface area contributed by atoms with E-state index < -0.39 is 0 Å². The highest BCUT2D eigenvalue weighted by Gasteiger charge is 2.14. The van der Waals surface area contributed by atoms with Gasteiger partial charge in [-0.25, -0.2) is 5.10 Å². The van der Waals surface area contributed by atoms with E-state index in [4.69, 9.17) is 27.9 Å². The van der Waals surface area contributed by atoms with Gasteiger partial charge in [-0.15, -0.1) is 0 Å². The molecular formula is C24H17Cl2N3O3. The number of carbonyl (C=O) groups is 1. The Morgan fingerprint density at radius 1 is 0.969 bits per heavy atom. The summed E-state index contributed by atoms with van der Waals surface area (Å²) in [5.74, 6) is 0.101. The molecule has 6 nitrogen and oxygen atoms in total. The molecule has 0 bridgehead atoms. The molecule has 0 saturated heterocycles. The maximum absolute atomic E-state index is 13.0. The Balaban J connectivity index is 1.51. The molecule has 0 atom stereocenters. The third kappa shape index (κ3) is 5.17. The Labute approximate surface area is 193 Å². The lowest BCUT2D eigenvalue weighted by Crippen LogP contribution is -2.14. The minimum Gasteiger partial charge on any atom is -0.488 e. The van der Waals surface area contributed by atoms with Gasteiger partial charge in [-0.1, -0.05) is 53.5 Å². The van der Waals surface area contributed by atoms with Crippen molar-refractivity contribution in [1.29, 1.82) is 0 Å². The quantitative estimate of drug-likeness (QED) is 0.389. The highest BCUT2D eigenvalue weighted by molar-refractivity contribution is 6.35. The van der Waals surface area contributed by atoms with E-state index in [1.54, 1.807) is 66.7 Å². The monoisotopic (exact) mass is 465 g/mol. The molecule has 32 heavy (non-hydrogen) atoms. The Morgan fingerprint density at radius 2 is 1.81 bits per heavy atom. The Hall–Kier alpha value is -3.61. The molecule has 0 fully saturated rings. The molecule has 1 heterocycles. The molecule has 8 heteroatoms. The van der Waals surface area contributed by atoms with Crippen molar-refractivity contribution >= 4 is 34.8 Å². The number of hydrogen-bond acceptors (Lipinski definition) is 4. The summed E-state index contributed by atoms with van der Waals surface area (Å²) in [5.41, 5.74) is 2.77. The summed E-state index contributed by atoms with van der Waals surface area (Å²) in [6, 6.07) is 22.3. The normalized spacial score (nSPS) is 10.6. The lowest BCUT2D eigenvalue weighted by Gasteiger charge is -2.13. The number of hydrogen-bond donors (Lipinski definition) is 2. The number of H-pyrrole nitrogens is 1. The summed E-state index contributed by atoms with van der Waals surface area (Å²) in [6.45, 7) is 0.188. The number of aromatic nitrogens is 2. The van der Waals surface area contributed by atoms with Crippen molar-refractivity contribution in [2.24, 2.45) is 0 Å². The number of benzene rings is 3. The van der Waals surface area contributed by atoms with Crippen LogP contribution in [0.5, 0.6) is 5.75 Å². The van der Waals surface area contributed by atoms with E-state index in [9.17, 15) is 9.59 Å². The highest BCUT2D eigenvalue weighted by Crippen LogP contribution is 2.26. The Kier molecular flexibility index (Phi) is 6.54. The van der Waals surface area contributed by atoms with Crippen LogP contribution in [0.25, 0.3) is 11.3 Å². The fourth-order valence-electron chi connectivity index (χ4n) is 3.03. The zero-order valence-electron chi connectivity index (χ0n) is 16.6. The number of nitrogens with one attached hydrogen (secondary N) is 2. The molecule has 0 aliphatic rings. The summed E-state index contributed by atoms with van der Waals surface area (Å²) >= 11 is 12.1. The van der Waals surface area contributed by atoms with E-state index >= 15 is 0 Å². The van der Waals surface area contributed by atoms with Crippen LogP contribution in [0.15, 0.2) is 83.7 Å². The van der Waals surface area contributed by atoms with Gasteiger partial charge in [0.15, 0.2) is 0 Å². The predicted molar refractivity (Wildman–Crippen MR) is 125 cm³/mol. The second kappa shape index (κ2) is 9.68. The SMILES string of the molecule is O=C(Nc1cccc(-c2ccc(=O)[nH]n2)c1)c1ccccc1OCc1ccc(Cl)cc1Cl. The van der Waals surface area contributed by atoms with E-state index in [1.807, 2.05) is 6.07 Å². The minimum absolute atomic E-state index is 0.188. The number of rotatable bonds is 6. The first-order valence-corrected chi connectivity index (χ1v) is 10.4. The molecule has 160 valence electrons. The van der Waals surface area contributed by atoms with Gasteiger partial charge in [0, 0.05) is 32.9 Å². The molecule has 1 amide bonds. The molecule has 0 saturated carbocycles. The third-order valence-electron chi connectivity index (χ3n) is 4.63. The second-order valence-corrected chi connectivity index (χ2v) is 7.71. The molecule has 0 aliphatic carbocycles. The van der Waals surface area contributed by atoms with Crippen LogP contribution in [0.1, 0.15) is 15.9 Å². The standard InChI is InChI=1S/C24H17Cl2N3O3/c25-17-9-8-16(20(26)13-17)14-32-22-7-2-1-6-19(22)24(31)27-18-5-3-4-15(12-18)21-10-11-23(30)29-28-21/h1-13H,14H2,(H,27,31)(H,29,30). The van der Waals surface area contributed by atoms with E-state index in [2.05, 4.69) is 15.5 Å². The zero-order valence-corrected chi connectivity index (χ0v) is 18.2. The van der Waals surface area contributed by atoms with Crippen LogP contribution in [0, 0.1) is 0 Å². The molecule has 3 aromatic carbocycles. The van der Waals surface area contributed by atoms with Crippen molar-refractivity contribution in [3.8, 4) is 17.0 Å². The molecule has 2 N–H and O–H groups in total. The molecule has 1 aromatic heterocycles. The highest BCUT2D eigenvalue weighted by atomic mass is 35.5. The number of halogens is 2. The molecule has 4 rings (SSSR count). The molecule has 0 unspecified atom stereocenters. The average Bonchev–Trinajstić information content (AvgIpc) is 2.79.